The van der Waals surface area contributed by atoms with Gasteiger partial charge in [0, 0.05) is 39.9 Å². The van der Waals surface area contributed by atoms with E-state index in [4.69, 9.17) is 32.9 Å². The van der Waals surface area contributed by atoms with Crippen LogP contribution in [0, 0.1) is 0 Å². The summed E-state index contributed by atoms with van der Waals surface area (Å²) < 4.78 is 5.18. The Labute approximate surface area is 157 Å². The maximum atomic E-state index is 6.12. The Bertz CT molecular complexity index is 703. The van der Waals surface area contributed by atoms with Gasteiger partial charge in [0.15, 0.2) is 5.13 Å². The van der Waals surface area contributed by atoms with Gasteiger partial charge in [-0.3, -0.25) is 4.99 Å². The minimum absolute atomic E-state index is 0.561. The summed E-state index contributed by atoms with van der Waals surface area (Å²) in [6, 6.07) is 5.68. The molecule has 24 heavy (non-hydrogen) atoms. The van der Waals surface area contributed by atoms with Gasteiger partial charge in [-0.2, -0.15) is 0 Å². The van der Waals surface area contributed by atoms with Crippen LogP contribution in [0.5, 0.6) is 0 Å². The fourth-order valence-corrected chi connectivity index (χ4v) is 3.68. The van der Waals surface area contributed by atoms with Crippen LogP contribution in [0.1, 0.15) is 23.1 Å². The van der Waals surface area contributed by atoms with Crippen molar-refractivity contribution in [1.82, 2.24) is 4.98 Å². The molecule has 2 aromatic rings. The average molecular weight is 386 g/mol. The molecule has 0 saturated heterocycles. The average Bonchev–Trinajstić information content (AvgIpc) is 2.95. The van der Waals surface area contributed by atoms with Crippen molar-refractivity contribution in [1.29, 1.82) is 0 Å². The van der Waals surface area contributed by atoms with Gasteiger partial charge in [0.25, 0.3) is 0 Å². The second kappa shape index (κ2) is 9.37. The predicted octanol–water partition coefficient (Wildman–Crippen LogP) is 4.56. The molecule has 0 aliphatic rings. The van der Waals surface area contributed by atoms with Crippen molar-refractivity contribution in [3.63, 3.8) is 0 Å². The van der Waals surface area contributed by atoms with Gasteiger partial charge in [-0.25, -0.2) is 4.98 Å². The highest BCUT2D eigenvalue weighted by molar-refractivity contribution is 7.17. The van der Waals surface area contributed by atoms with Gasteiger partial charge in [-0.15, -0.1) is 0 Å². The molecule has 7 heteroatoms. The normalized spacial score (nSPS) is 11.4. The van der Waals surface area contributed by atoms with Crippen molar-refractivity contribution in [2.24, 2.45) is 4.99 Å². The minimum Gasteiger partial charge on any atom is -0.383 e. The summed E-state index contributed by atoms with van der Waals surface area (Å²) in [6.07, 6.45) is 2.55. The van der Waals surface area contributed by atoms with Gasteiger partial charge in [0.1, 0.15) is 0 Å². The Morgan fingerprint density at radius 1 is 1.33 bits per heavy atom. The number of aliphatic imine (C=N–C) groups is 1. The van der Waals surface area contributed by atoms with Gasteiger partial charge in [0.2, 0.25) is 0 Å². The Kier molecular flexibility index (Phi) is 7.49. The predicted molar refractivity (Wildman–Crippen MR) is 105 cm³/mol. The van der Waals surface area contributed by atoms with Crippen molar-refractivity contribution in [2.75, 3.05) is 38.8 Å². The molecule has 0 radical (unpaired) electrons. The van der Waals surface area contributed by atoms with E-state index in [1.54, 1.807) is 25.5 Å². The number of likely N-dealkylation sites (N-methyl/N-ethyl adjacent to an activating group) is 1. The number of thiazole rings is 1. The van der Waals surface area contributed by atoms with Crippen LogP contribution in [0.4, 0.5) is 5.13 Å². The molecular formula is C17H21Cl2N3OS. The summed E-state index contributed by atoms with van der Waals surface area (Å²) in [7, 11) is 3.48. The number of ether oxygens (including phenoxy) is 1. The Morgan fingerprint density at radius 3 is 2.75 bits per heavy atom. The number of hydrogen-bond donors (Lipinski definition) is 0. The van der Waals surface area contributed by atoms with Gasteiger partial charge in [-0.05, 0) is 24.6 Å². The quantitative estimate of drug-likeness (QED) is 0.624. The van der Waals surface area contributed by atoms with E-state index in [0.717, 1.165) is 34.4 Å². The molecule has 0 aliphatic carbocycles. The smallest absolute Gasteiger partial charge is 0.186 e. The van der Waals surface area contributed by atoms with Crippen molar-refractivity contribution in [3.8, 4) is 0 Å². The van der Waals surface area contributed by atoms with Crippen LogP contribution in [0.2, 0.25) is 10.0 Å². The third-order valence-electron chi connectivity index (χ3n) is 3.54. The van der Waals surface area contributed by atoms with Crippen LogP contribution in [-0.2, 0) is 11.2 Å². The number of anilines is 1. The summed E-state index contributed by atoms with van der Waals surface area (Å²) in [5.41, 5.74) is 2.07. The van der Waals surface area contributed by atoms with Crippen molar-refractivity contribution in [2.45, 2.75) is 13.3 Å². The standard InChI is InChI=1S/C17H21Cl2N3OS/c1-4-22(7-8-23-3)17-21-15(16(24-17)11-20-2)10-12-5-6-13(18)14(19)9-12/h5-6,9,11H,4,7-8,10H2,1-3H3. The summed E-state index contributed by atoms with van der Waals surface area (Å²) in [5.74, 6) is 0. The fourth-order valence-electron chi connectivity index (χ4n) is 2.26. The minimum atomic E-state index is 0.561. The number of aromatic nitrogens is 1. The molecule has 2 rings (SSSR count). The highest BCUT2D eigenvalue weighted by atomic mass is 35.5. The Balaban J connectivity index is 2.28. The molecular weight excluding hydrogens is 365 g/mol. The largest absolute Gasteiger partial charge is 0.383 e. The molecule has 4 nitrogen and oxygen atoms in total. The topological polar surface area (TPSA) is 37.7 Å². The molecule has 1 heterocycles. The zero-order valence-corrected chi connectivity index (χ0v) is 16.4. The highest BCUT2D eigenvalue weighted by Gasteiger charge is 2.15. The molecule has 130 valence electrons. The zero-order chi connectivity index (χ0) is 17.5. The monoisotopic (exact) mass is 385 g/mol. The molecule has 1 aromatic carbocycles. The lowest BCUT2D eigenvalue weighted by molar-refractivity contribution is 0.205. The molecule has 0 N–H and O–H groups in total. The van der Waals surface area contributed by atoms with Crippen molar-refractivity contribution < 1.29 is 4.74 Å². The van der Waals surface area contributed by atoms with Crippen LogP contribution >= 0.6 is 34.5 Å². The first-order valence-electron chi connectivity index (χ1n) is 7.68. The number of methoxy groups -OCH3 is 1. The van der Waals surface area contributed by atoms with E-state index < -0.39 is 0 Å². The van der Waals surface area contributed by atoms with Crippen molar-refractivity contribution >= 4 is 45.9 Å². The number of benzene rings is 1. The molecule has 0 spiro atoms. The third kappa shape index (κ3) is 4.93. The van der Waals surface area contributed by atoms with Gasteiger partial charge >= 0.3 is 0 Å². The number of rotatable bonds is 8. The summed E-state index contributed by atoms with van der Waals surface area (Å²) in [4.78, 5) is 12.2. The maximum Gasteiger partial charge on any atom is 0.186 e. The molecule has 0 aliphatic heterocycles. The molecule has 0 atom stereocenters. The number of halogens is 2. The lowest BCUT2D eigenvalue weighted by atomic mass is 10.1. The second-order valence-electron chi connectivity index (χ2n) is 5.19. The summed E-state index contributed by atoms with van der Waals surface area (Å²) in [5, 5.41) is 2.11. The van der Waals surface area contributed by atoms with Crippen LogP contribution in [0.15, 0.2) is 23.2 Å². The molecule has 0 unspecified atom stereocenters. The Morgan fingerprint density at radius 2 is 2.12 bits per heavy atom. The van der Waals surface area contributed by atoms with Crippen LogP contribution in [0.3, 0.4) is 0 Å². The van der Waals surface area contributed by atoms with Crippen LogP contribution in [-0.4, -0.2) is 45.1 Å². The molecule has 1 aromatic heterocycles. The first-order valence-corrected chi connectivity index (χ1v) is 9.26. The third-order valence-corrected chi connectivity index (χ3v) is 5.37. The maximum absolute atomic E-state index is 6.12. The van der Waals surface area contributed by atoms with E-state index >= 15 is 0 Å². The van der Waals surface area contributed by atoms with Crippen LogP contribution < -0.4 is 4.90 Å². The van der Waals surface area contributed by atoms with E-state index in [9.17, 15) is 0 Å². The van der Waals surface area contributed by atoms with Gasteiger partial charge < -0.3 is 9.64 Å². The SMILES string of the molecule is CCN(CCOC)c1nc(Cc2ccc(Cl)c(Cl)c2)c(C=NC)s1. The first kappa shape index (κ1) is 19.2. The zero-order valence-electron chi connectivity index (χ0n) is 14.1. The van der Waals surface area contributed by atoms with Gasteiger partial charge in [-0.1, -0.05) is 40.6 Å². The summed E-state index contributed by atoms with van der Waals surface area (Å²) in [6.45, 7) is 4.48. The molecule has 0 saturated carbocycles. The Hall–Kier alpha value is -1.14. The lowest BCUT2D eigenvalue weighted by Crippen LogP contribution is -2.26. The van der Waals surface area contributed by atoms with E-state index in [1.807, 2.05) is 24.4 Å². The number of nitrogens with zero attached hydrogens (tertiary/aromatic N) is 3. The molecule has 0 fully saturated rings. The highest BCUT2D eigenvalue weighted by Crippen LogP contribution is 2.29. The van der Waals surface area contributed by atoms with E-state index in [-0.39, 0.29) is 0 Å². The van der Waals surface area contributed by atoms with Crippen LogP contribution in [0.25, 0.3) is 0 Å². The van der Waals surface area contributed by atoms with Gasteiger partial charge in [0.05, 0.1) is 27.2 Å². The molecule has 0 bridgehead atoms. The second-order valence-corrected chi connectivity index (χ2v) is 7.02. The van der Waals surface area contributed by atoms with E-state index in [1.165, 1.54) is 0 Å². The van der Waals surface area contributed by atoms with E-state index in [2.05, 4.69) is 16.8 Å². The number of hydrogen-bond acceptors (Lipinski definition) is 5. The van der Waals surface area contributed by atoms with E-state index in [0.29, 0.717) is 23.1 Å². The fraction of sp³-hybridized carbons (Fsp3) is 0.412. The molecule has 0 amide bonds. The van der Waals surface area contributed by atoms with Crippen molar-refractivity contribution in [3.05, 3.63) is 44.4 Å². The lowest BCUT2D eigenvalue weighted by Gasteiger charge is -2.18. The summed E-state index contributed by atoms with van der Waals surface area (Å²) >= 11 is 13.8. The first-order chi connectivity index (χ1) is 11.6.